The van der Waals surface area contributed by atoms with Crippen LogP contribution in [0.25, 0.3) is 11.0 Å². The summed E-state index contributed by atoms with van der Waals surface area (Å²) >= 11 is 0. The van der Waals surface area contributed by atoms with Crippen LogP contribution in [-0.4, -0.2) is 40.5 Å². The number of H-pyrrole nitrogens is 1. The van der Waals surface area contributed by atoms with Gasteiger partial charge in [-0.05, 0) is 24.8 Å². The number of piperidine rings is 1. The summed E-state index contributed by atoms with van der Waals surface area (Å²) in [5.74, 6) is 1.53. The van der Waals surface area contributed by atoms with Gasteiger partial charge in [0.2, 0.25) is 5.91 Å². The third-order valence-corrected chi connectivity index (χ3v) is 5.64. The van der Waals surface area contributed by atoms with Crippen molar-refractivity contribution >= 4 is 22.8 Å². The van der Waals surface area contributed by atoms with E-state index in [1.54, 1.807) is 6.33 Å². The SMILES string of the molecule is C=CC12CC(=O)NCC1C[C@H](N(C)c1ncnc3[nH]ccc13)C2. The maximum atomic E-state index is 11.9. The number of carbonyl (C=O) groups excluding carboxylic acids is 1. The van der Waals surface area contributed by atoms with Crippen molar-refractivity contribution in [2.24, 2.45) is 11.3 Å². The number of aromatic amines is 1. The zero-order chi connectivity index (χ0) is 16.0. The van der Waals surface area contributed by atoms with E-state index in [0.29, 0.717) is 18.4 Å². The van der Waals surface area contributed by atoms with Crippen LogP contribution in [0.3, 0.4) is 0 Å². The molecule has 6 nitrogen and oxygen atoms in total. The first-order valence-corrected chi connectivity index (χ1v) is 8.04. The summed E-state index contributed by atoms with van der Waals surface area (Å²) in [6, 6.07) is 2.36. The first-order chi connectivity index (χ1) is 11.1. The third-order valence-electron chi connectivity index (χ3n) is 5.64. The van der Waals surface area contributed by atoms with Crippen LogP contribution in [0.1, 0.15) is 19.3 Å². The van der Waals surface area contributed by atoms with E-state index in [2.05, 4.69) is 38.8 Å². The van der Waals surface area contributed by atoms with Gasteiger partial charge in [-0.1, -0.05) is 6.08 Å². The number of fused-ring (bicyclic) bond motifs is 2. The van der Waals surface area contributed by atoms with Gasteiger partial charge >= 0.3 is 0 Å². The topological polar surface area (TPSA) is 73.9 Å². The molecule has 2 aromatic heterocycles. The smallest absolute Gasteiger partial charge is 0.220 e. The molecule has 0 aromatic carbocycles. The molecule has 4 rings (SSSR count). The zero-order valence-electron chi connectivity index (χ0n) is 13.2. The van der Waals surface area contributed by atoms with Gasteiger partial charge in [-0.25, -0.2) is 9.97 Å². The average molecular weight is 311 g/mol. The highest BCUT2D eigenvalue weighted by molar-refractivity contribution is 5.87. The number of amides is 1. The van der Waals surface area contributed by atoms with E-state index in [4.69, 9.17) is 0 Å². The number of anilines is 1. The molecule has 23 heavy (non-hydrogen) atoms. The predicted molar refractivity (Wildman–Crippen MR) is 89.1 cm³/mol. The van der Waals surface area contributed by atoms with Crippen molar-refractivity contribution in [3.63, 3.8) is 0 Å². The lowest BCUT2D eigenvalue weighted by Gasteiger charge is -2.36. The van der Waals surface area contributed by atoms with E-state index < -0.39 is 0 Å². The Bertz CT molecular complexity index is 769. The Balaban J connectivity index is 1.65. The Morgan fingerprint density at radius 2 is 2.35 bits per heavy atom. The summed E-state index contributed by atoms with van der Waals surface area (Å²) in [6.07, 6.45) is 8.03. The normalized spacial score (nSPS) is 30.0. The van der Waals surface area contributed by atoms with Gasteiger partial charge in [0, 0.05) is 37.7 Å². The van der Waals surface area contributed by atoms with E-state index in [-0.39, 0.29) is 11.3 Å². The highest BCUT2D eigenvalue weighted by Gasteiger charge is 2.49. The molecular weight excluding hydrogens is 290 g/mol. The predicted octanol–water partition coefficient (Wildman–Crippen LogP) is 1.86. The Morgan fingerprint density at radius 1 is 1.48 bits per heavy atom. The van der Waals surface area contributed by atoms with Gasteiger partial charge in [0.1, 0.15) is 17.8 Å². The van der Waals surface area contributed by atoms with Crippen molar-refractivity contribution in [1.82, 2.24) is 20.3 Å². The monoisotopic (exact) mass is 311 g/mol. The second-order valence-electron chi connectivity index (χ2n) is 6.76. The molecule has 1 saturated heterocycles. The zero-order valence-corrected chi connectivity index (χ0v) is 13.2. The Morgan fingerprint density at radius 3 is 3.17 bits per heavy atom. The van der Waals surface area contributed by atoms with Crippen LogP contribution in [0.5, 0.6) is 0 Å². The fourth-order valence-electron chi connectivity index (χ4n) is 4.28. The van der Waals surface area contributed by atoms with Crippen molar-refractivity contribution < 1.29 is 4.79 Å². The van der Waals surface area contributed by atoms with Crippen LogP contribution in [-0.2, 0) is 4.79 Å². The summed E-state index contributed by atoms with van der Waals surface area (Å²) in [5, 5.41) is 4.04. The minimum atomic E-state index is -0.0778. The quantitative estimate of drug-likeness (QED) is 0.849. The number of aromatic nitrogens is 3. The molecule has 1 aliphatic carbocycles. The minimum Gasteiger partial charge on any atom is -0.356 e. The molecule has 2 aliphatic rings. The largest absolute Gasteiger partial charge is 0.356 e. The highest BCUT2D eigenvalue weighted by Crippen LogP contribution is 2.50. The lowest BCUT2D eigenvalue weighted by molar-refractivity contribution is -0.125. The summed E-state index contributed by atoms with van der Waals surface area (Å²) in [5.41, 5.74) is 0.776. The summed E-state index contributed by atoms with van der Waals surface area (Å²) < 4.78 is 0. The van der Waals surface area contributed by atoms with Crippen LogP contribution in [0.4, 0.5) is 5.82 Å². The van der Waals surface area contributed by atoms with Crippen molar-refractivity contribution in [1.29, 1.82) is 0 Å². The molecule has 0 spiro atoms. The Labute approximate surface area is 135 Å². The molecule has 3 atom stereocenters. The summed E-state index contributed by atoms with van der Waals surface area (Å²) in [6.45, 7) is 4.78. The van der Waals surface area contributed by atoms with Crippen molar-refractivity contribution in [2.45, 2.75) is 25.3 Å². The first kappa shape index (κ1) is 14.2. The molecule has 120 valence electrons. The number of rotatable bonds is 3. The maximum absolute atomic E-state index is 11.9. The van der Waals surface area contributed by atoms with Crippen molar-refractivity contribution in [3.05, 3.63) is 31.2 Å². The van der Waals surface area contributed by atoms with E-state index in [9.17, 15) is 4.79 Å². The molecule has 0 bridgehead atoms. The maximum Gasteiger partial charge on any atom is 0.220 e. The van der Waals surface area contributed by atoms with Gasteiger partial charge < -0.3 is 15.2 Å². The van der Waals surface area contributed by atoms with Crippen molar-refractivity contribution in [2.75, 3.05) is 18.5 Å². The number of nitrogens with zero attached hydrogens (tertiary/aromatic N) is 3. The molecule has 1 aliphatic heterocycles. The molecular formula is C17H21N5O. The highest BCUT2D eigenvalue weighted by atomic mass is 16.1. The average Bonchev–Trinajstić information content (AvgIpc) is 3.17. The molecule has 2 fully saturated rings. The lowest BCUT2D eigenvalue weighted by Crippen LogP contribution is -2.44. The number of hydrogen-bond acceptors (Lipinski definition) is 4. The molecule has 6 heteroatoms. The fourth-order valence-corrected chi connectivity index (χ4v) is 4.28. The Hall–Kier alpha value is -2.37. The van der Waals surface area contributed by atoms with Crippen LogP contribution in [0.15, 0.2) is 31.2 Å². The number of nitrogens with one attached hydrogen (secondary N) is 2. The van der Waals surface area contributed by atoms with E-state index in [0.717, 1.165) is 36.2 Å². The second kappa shape index (κ2) is 5.08. The van der Waals surface area contributed by atoms with Gasteiger partial charge in [0.25, 0.3) is 0 Å². The molecule has 2 aromatic rings. The Kier molecular flexibility index (Phi) is 3.14. The van der Waals surface area contributed by atoms with Crippen molar-refractivity contribution in [3.8, 4) is 0 Å². The first-order valence-electron chi connectivity index (χ1n) is 8.04. The van der Waals surface area contributed by atoms with Crippen LogP contribution >= 0.6 is 0 Å². The molecule has 0 radical (unpaired) electrons. The van der Waals surface area contributed by atoms with Gasteiger partial charge in [-0.15, -0.1) is 6.58 Å². The number of carbonyl (C=O) groups is 1. The van der Waals surface area contributed by atoms with Crippen LogP contribution < -0.4 is 10.2 Å². The molecule has 1 saturated carbocycles. The lowest BCUT2D eigenvalue weighted by atomic mass is 9.73. The molecule has 2 unspecified atom stereocenters. The van der Waals surface area contributed by atoms with E-state index in [1.807, 2.05) is 18.3 Å². The second-order valence-corrected chi connectivity index (χ2v) is 6.76. The van der Waals surface area contributed by atoms with Gasteiger partial charge in [-0.3, -0.25) is 4.79 Å². The van der Waals surface area contributed by atoms with Gasteiger partial charge in [0.05, 0.1) is 5.39 Å². The fraction of sp³-hybridized carbons (Fsp3) is 0.471. The van der Waals surface area contributed by atoms with E-state index in [1.165, 1.54) is 0 Å². The van der Waals surface area contributed by atoms with Crippen LogP contribution in [0, 0.1) is 11.3 Å². The standard InChI is InChI=1S/C17H21N5O/c1-3-17-7-12(6-11(17)9-19-14(23)8-17)22(2)16-13-4-5-18-15(13)20-10-21-16/h3-5,10-12H,1,6-9H2,2H3,(H,19,23)(H,18,20,21)/t11?,12-,17?/m0/s1. The minimum absolute atomic E-state index is 0.0778. The van der Waals surface area contributed by atoms with Gasteiger partial charge in [-0.2, -0.15) is 0 Å². The molecule has 1 amide bonds. The van der Waals surface area contributed by atoms with E-state index >= 15 is 0 Å². The third kappa shape index (κ3) is 2.12. The molecule has 2 N–H and O–H groups in total. The summed E-state index contributed by atoms with van der Waals surface area (Å²) in [7, 11) is 2.09. The number of hydrogen-bond donors (Lipinski definition) is 2. The van der Waals surface area contributed by atoms with Crippen LogP contribution in [0.2, 0.25) is 0 Å². The molecule has 3 heterocycles. The van der Waals surface area contributed by atoms with Gasteiger partial charge in [0.15, 0.2) is 0 Å². The summed E-state index contributed by atoms with van der Waals surface area (Å²) in [4.78, 5) is 26.0. The number of allylic oxidation sites excluding steroid dienone is 1.